The maximum absolute atomic E-state index is 12.0. The van der Waals surface area contributed by atoms with Crippen LogP contribution in [0.15, 0.2) is 11.3 Å². The Bertz CT molecular complexity index is 509. The monoisotopic (exact) mass is 324 g/mol. The summed E-state index contributed by atoms with van der Waals surface area (Å²) >= 11 is 0. The predicted molar refractivity (Wildman–Crippen MR) is 82.3 cm³/mol. The van der Waals surface area contributed by atoms with Gasteiger partial charge in [0, 0.05) is 6.42 Å². The first-order chi connectivity index (χ1) is 11.0. The van der Waals surface area contributed by atoms with Crippen molar-refractivity contribution in [1.82, 2.24) is 10.6 Å². The van der Waals surface area contributed by atoms with E-state index in [1.54, 1.807) is 13.8 Å². The van der Waals surface area contributed by atoms with E-state index in [0.29, 0.717) is 23.6 Å². The molecule has 1 atom stereocenters. The molecule has 0 aromatic carbocycles. The Balaban J connectivity index is 1.99. The highest BCUT2D eigenvalue weighted by Crippen LogP contribution is 2.27. The minimum atomic E-state index is -0.519. The number of carbonyl (C=O) groups is 3. The van der Waals surface area contributed by atoms with Gasteiger partial charge in [-0.15, -0.1) is 0 Å². The maximum atomic E-state index is 12.0. The molecule has 0 spiro atoms. The Hall–Kier alpha value is -2.05. The summed E-state index contributed by atoms with van der Waals surface area (Å²) in [7, 11) is 0. The summed E-state index contributed by atoms with van der Waals surface area (Å²) in [5.41, 5.74) is 0.583. The van der Waals surface area contributed by atoms with Gasteiger partial charge in [-0.3, -0.25) is 4.79 Å². The summed E-state index contributed by atoms with van der Waals surface area (Å²) in [6, 6.07) is -0.918. The van der Waals surface area contributed by atoms with Crippen molar-refractivity contribution in [2.75, 3.05) is 13.2 Å². The largest absolute Gasteiger partial charge is 0.463 e. The Morgan fingerprint density at radius 2 is 1.91 bits per heavy atom. The highest BCUT2D eigenvalue weighted by molar-refractivity contribution is 5.94. The Morgan fingerprint density at radius 3 is 2.57 bits per heavy atom. The van der Waals surface area contributed by atoms with E-state index in [4.69, 9.17) is 9.47 Å². The normalized spacial score (nSPS) is 21.7. The molecule has 7 heteroatoms. The lowest BCUT2D eigenvalue weighted by atomic mass is 10.0. The molecule has 1 aliphatic carbocycles. The molecule has 0 unspecified atom stereocenters. The van der Waals surface area contributed by atoms with Crippen molar-refractivity contribution in [3.05, 3.63) is 11.3 Å². The van der Waals surface area contributed by atoms with Crippen LogP contribution in [-0.2, 0) is 19.1 Å². The van der Waals surface area contributed by atoms with E-state index in [1.807, 2.05) is 0 Å². The molecule has 0 saturated heterocycles. The van der Waals surface area contributed by atoms with Gasteiger partial charge >= 0.3 is 18.0 Å². The third kappa shape index (κ3) is 4.71. The lowest BCUT2D eigenvalue weighted by Crippen LogP contribution is -2.50. The molecule has 1 heterocycles. The number of urea groups is 1. The zero-order valence-corrected chi connectivity index (χ0v) is 13.6. The molecule has 2 rings (SSSR count). The molecule has 2 amide bonds. The second kappa shape index (κ2) is 7.99. The molecule has 23 heavy (non-hydrogen) atoms. The zero-order chi connectivity index (χ0) is 16.8. The number of ether oxygens (including phenoxy) is 2. The van der Waals surface area contributed by atoms with Crippen molar-refractivity contribution in [3.8, 4) is 0 Å². The zero-order valence-electron chi connectivity index (χ0n) is 13.6. The summed E-state index contributed by atoms with van der Waals surface area (Å²) in [4.78, 5) is 35.5. The van der Waals surface area contributed by atoms with Crippen molar-refractivity contribution in [1.29, 1.82) is 0 Å². The Morgan fingerprint density at radius 1 is 1.22 bits per heavy atom. The van der Waals surface area contributed by atoms with Crippen molar-refractivity contribution in [2.45, 2.75) is 52.0 Å². The van der Waals surface area contributed by atoms with Gasteiger partial charge in [0.1, 0.15) is 6.61 Å². The molecule has 1 fully saturated rings. The van der Waals surface area contributed by atoms with Crippen LogP contribution in [0.4, 0.5) is 4.79 Å². The van der Waals surface area contributed by atoms with Crippen LogP contribution in [0.5, 0.6) is 0 Å². The van der Waals surface area contributed by atoms with Crippen LogP contribution in [0.1, 0.15) is 46.0 Å². The number of carbonyl (C=O) groups excluding carboxylic acids is 3. The average Bonchev–Trinajstić information content (AvgIpc) is 2.97. The highest BCUT2D eigenvalue weighted by atomic mass is 16.5. The predicted octanol–water partition coefficient (Wildman–Crippen LogP) is 1.63. The van der Waals surface area contributed by atoms with Crippen molar-refractivity contribution < 1.29 is 23.9 Å². The highest BCUT2D eigenvalue weighted by Gasteiger charge is 2.30. The van der Waals surface area contributed by atoms with Gasteiger partial charge in [-0.1, -0.05) is 12.8 Å². The number of nitrogens with one attached hydrogen (secondary N) is 2. The molecule has 1 saturated carbocycles. The van der Waals surface area contributed by atoms with Crippen LogP contribution >= 0.6 is 0 Å². The second-order valence-corrected chi connectivity index (χ2v) is 5.95. The molecule has 0 aromatic rings. The van der Waals surface area contributed by atoms with Crippen molar-refractivity contribution >= 4 is 18.0 Å². The molecule has 7 nitrogen and oxygen atoms in total. The fraction of sp³-hybridized carbons (Fsp3) is 0.688. The van der Waals surface area contributed by atoms with Crippen LogP contribution < -0.4 is 10.6 Å². The van der Waals surface area contributed by atoms with Crippen LogP contribution in [0.25, 0.3) is 0 Å². The molecule has 2 aliphatic rings. The minimum Gasteiger partial charge on any atom is -0.463 e. The first-order valence-electron chi connectivity index (χ1n) is 8.14. The third-order valence-corrected chi connectivity index (χ3v) is 4.17. The van der Waals surface area contributed by atoms with Crippen molar-refractivity contribution in [3.63, 3.8) is 0 Å². The standard InChI is InChI=1S/C16H24N2O5/c1-3-22-15(20)14-10(2)17-16(21)18-12(14)9-23-13(19)8-11-6-4-5-7-11/h10-11H,3-9H2,1-2H3,(H2,17,18,21)/t10-/m1/s1. The van der Waals surface area contributed by atoms with Gasteiger partial charge in [-0.2, -0.15) is 0 Å². The summed E-state index contributed by atoms with van der Waals surface area (Å²) in [6.45, 7) is 3.50. The molecule has 0 radical (unpaired) electrons. The van der Waals surface area contributed by atoms with Crippen LogP contribution in [0.3, 0.4) is 0 Å². The Labute approximate surface area is 135 Å². The first-order valence-corrected chi connectivity index (χ1v) is 8.14. The van der Waals surface area contributed by atoms with E-state index >= 15 is 0 Å². The summed E-state index contributed by atoms with van der Waals surface area (Å²) in [5, 5.41) is 5.13. The number of hydrogen-bond donors (Lipinski definition) is 2. The van der Waals surface area contributed by atoms with Gasteiger partial charge in [0.25, 0.3) is 0 Å². The summed E-state index contributed by atoms with van der Waals surface area (Å²) < 4.78 is 10.3. The molecular weight excluding hydrogens is 300 g/mol. The van der Waals surface area contributed by atoms with Crippen LogP contribution in [0, 0.1) is 5.92 Å². The third-order valence-electron chi connectivity index (χ3n) is 4.17. The SMILES string of the molecule is CCOC(=O)C1=C(COC(=O)CC2CCCC2)NC(=O)N[C@@H]1C. The maximum Gasteiger partial charge on any atom is 0.338 e. The van der Waals surface area contributed by atoms with E-state index in [1.165, 1.54) is 0 Å². The lowest BCUT2D eigenvalue weighted by molar-refractivity contribution is -0.144. The van der Waals surface area contributed by atoms with Gasteiger partial charge in [0.15, 0.2) is 0 Å². The molecule has 2 N–H and O–H groups in total. The lowest BCUT2D eigenvalue weighted by Gasteiger charge is -2.26. The van der Waals surface area contributed by atoms with E-state index in [9.17, 15) is 14.4 Å². The van der Waals surface area contributed by atoms with Crippen LogP contribution in [0.2, 0.25) is 0 Å². The van der Waals surface area contributed by atoms with E-state index in [-0.39, 0.29) is 19.2 Å². The Kier molecular flexibility index (Phi) is 6.01. The fourth-order valence-electron chi connectivity index (χ4n) is 3.06. The molecule has 128 valence electrons. The second-order valence-electron chi connectivity index (χ2n) is 5.95. The smallest absolute Gasteiger partial charge is 0.338 e. The number of esters is 2. The topological polar surface area (TPSA) is 93.7 Å². The fourth-order valence-corrected chi connectivity index (χ4v) is 3.06. The van der Waals surface area contributed by atoms with Crippen molar-refractivity contribution in [2.24, 2.45) is 5.92 Å². The van der Waals surface area contributed by atoms with E-state index in [0.717, 1.165) is 25.7 Å². The van der Waals surface area contributed by atoms with Gasteiger partial charge in [-0.05, 0) is 32.6 Å². The number of hydrogen-bond acceptors (Lipinski definition) is 5. The van der Waals surface area contributed by atoms with Gasteiger partial charge in [0.05, 0.1) is 23.9 Å². The molecule has 0 bridgehead atoms. The molecule has 1 aliphatic heterocycles. The minimum absolute atomic E-state index is 0.128. The number of amides is 2. The molecular formula is C16H24N2O5. The summed E-state index contributed by atoms with van der Waals surface area (Å²) in [6.07, 6.45) is 4.83. The number of rotatable bonds is 6. The summed E-state index contributed by atoms with van der Waals surface area (Å²) in [5.74, 6) is -0.426. The van der Waals surface area contributed by atoms with Crippen LogP contribution in [-0.4, -0.2) is 37.2 Å². The molecule has 0 aromatic heterocycles. The van der Waals surface area contributed by atoms with Gasteiger partial charge < -0.3 is 20.1 Å². The van der Waals surface area contributed by atoms with Gasteiger partial charge in [-0.25, -0.2) is 9.59 Å². The van der Waals surface area contributed by atoms with E-state index < -0.39 is 18.0 Å². The van der Waals surface area contributed by atoms with E-state index in [2.05, 4.69) is 10.6 Å². The van der Waals surface area contributed by atoms with Gasteiger partial charge in [0.2, 0.25) is 0 Å². The quantitative estimate of drug-likeness (QED) is 0.724. The average molecular weight is 324 g/mol. The first kappa shape index (κ1) is 17.3.